The molecule has 3 heteroatoms. The van der Waals surface area contributed by atoms with Gasteiger partial charge >= 0.3 is 0 Å². The van der Waals surface area contributed by atoms with Crippen LogP contribution >= 0.6 is 0 Å². The van der Waals surface area contributed by atoms with Crippen molar-refractivity contribution in [2.24, 2.45) is 4.99 Å². The van der Waals surface area contributed by atoms with Crippen LogP contribution in [0.5, 0.6) is 0 Å². The van der Waals surface area contributed by atoms with Crippen molar-refractivity contribution in [3.8, 4) is 0 Å². The van der Waals surface area contributed by atoms with Gasteiger partial charge < -0.3 is 9.47 Å². The lowest BCUT2D eigenvalue weighted by Gasteiger charge is -2.04. The summed E-state index contributed by atoms with van der Waals surface area (Å²) in [5, 5.41) is 0. The summed E-state index contributed by atoms with van der Waals surface area (Å²) < 4.78 is 9.79. The summed E-state index contributed by atoms with van der Waals surface area (Å²) in [5.74, 6) is 0.828. The first-order valence-corrected chi connectivity index (χ1v) is 3.60. The molecule has 0 saturated carbocycles. The van der Waals surface area contributed by atoms with E-state index in [1.807, 2.05) is 13.8 Å². The minimum Gasteiger partial charge on any atom is -0.492 e. The molecule has 0 saturated heterocycles. The second kappa shape index (κ2) is 5.41. The Hall–Kier alpha value is -1.25. The predicted octanol–water partition coefficient (Wildman–Crippen LogP) is 2.12. The number of hydrogen-bond acceptors (Lipinski definition) is 3. The van der Waals surface area contributed by atoms with E-state index in [1.165, 1.54) is 14.2 Å². The Balaban J connectivity index is 4.44. The Labute approximate surface area is 73.4 Å². The first kappa shape index (κ1) is 10.8. The van der Waals surface area contributed by atoms with Gasteiger partial charge in [0.25, 0.3) is 5.90 Å². The van der Waals surface area contributed by atoms with Crippen LogP contribution in [0.15, 0.2) is 29.1 Å². The SMILES string of the molecule is C=C(OC)C(=NC=C(C)C)OC. The molecule has 0 fully saturated rings. The highest BCUT2D eigenvalue weighted by Crippen LogP contribution is 1.99. The standard InChI is InChI=1S/C9H15NO2/c1-7(2)6-10-9(12-5)8(3)11-4/h6H,3H2,1-2,4-5H3. The highest BCUT2D eigenvalue weighted by Gasteiger charge is 2.01. The summed E-state index contributed by atoms with van der Waals surface area (Å²) in [5.41, 5.74) is 1.09. The molecular formula is C9H15NO2. The maximum Gasteiger partial charge on any atom is 0.256 e. The van der Waals surface area contributed by atoms with Crippen LogP contribution in [0.4, 0.5) is 0 Å². The van der Waals surface area contributed by atoms with Gasteiger partial charge in [-0.2, -0.15) is 0 Å². The number of rotatable bonds is 3. The average molecular weight is 169 g/mol. The maximum atomic E-state index is 4.93. The zero-order chi connectivity index (χ0) is 9.56. The normalized spacial score (nSPS) is 10.5. The van der Waals surface area contributed by atoms with E-state index in [-0.39, 0.29) is 0 Å². The van der Waals surface area contributed by atoms with Crippen molar-refractivity contribution in [1.29, 1.82) is 0 Å². The Morgan fingerprint density at radius 3 is 2.17 bits per heavy atom. The predicted molar refractivity (Wildman–Crippen MR) is 50.0 cm³/mol. The van der Waals surface area contributed by atoms with Crippen molar-refractivity contribution in [1.82, 2.24) is 0 Å². The number of hydrogen-bond donors (Lipinski definition) is 0. The van der Waals surface area contributed by atoms with Gasteiger partial charge in [0.15, 0.2) is 5.76 Å². The maximum absolute atomic E-state index is 4.93. The summed E-state index contributed by atoms with van der Waals surface area (Å²) >= 11 is 0. The van der Waals surface area contributed by atoms with Gasteiger partial charge in [-0.15, -0.1) is 0 Å². The van der Waals surface area contributed by atoms with E-state index in [9.17, 15) is 0 Å². The molecule has 68 valence electrons. The fourth-order valence-corrected chi connectivity index (χ4v) is 0.514. The lowest BCUT2D eigenvalue weighted by atomic mass is 10.4. The highest BCUT2D eigenvalue weighted by molar-refractivity contribution is 5.91. The zero-order valence-corrected chi connectivity index (χ0v) is 8.05. The molecule has 0 amide bonds. The van der Waals surface area contributed by atoms with E-state index in [0.717, 1.165) is 5.57 Å². The Bertz CT molecular complexity index is 213. The van der Waals surface area contributed by atoms with Gasteiger partial charge in [-0.1, -0.05) is 12.2 Å². The van der Waals surface area contributed by atoms with Gasteiger partial charge in [0.05, 0.1) is 14.2 Å². The molecule has 3 nitrogen and oxygen atoms in total. The summed E-state index contributed by atoms with van der Waals surface area (Å²) in [4.78, 5) is 4.02. The second-order valence-electron chi connectivity index (χ2n) is 2.47. The van der Waals surface area contributed by atoms with Crippen molar-refractivity contribution in [3.63, 3.8) is 0 Å². The van der Waals surface area contributed by atoms with Gasteiger partial charge in [0.2, 0.25) is 0 Å². The topological polar surface area (TPSA) is 30.8 Å². The molecule has 0 aliphatic carbocycles. The molecule has 0 aliphatic rings. The van der Waals surface area contributed by atoms with Crippen LogP contribution in [-0.2, 0) is 9.47 Å². The number of allylic oxidation sites excluding steroid dienone is 1. The van der Waals surface area contributed by atoms with Gasteiger partial charge in [0.1, 0.15) is 0 Å². The molecule has 0 bridgehead atoms. The second-order valence-corrected chi connectivity index (χ2v) is 2.47. The Morgan fingerprint density at radius 2 is 1.83 bits per heavy atom. The summed E-state index contributed by atoms with van der Waals surface area (Å²) in [6, 6.07) is 0. The Kier molecular flexibility index (Phi) is 4.84. The van der Waals surface area contributed by atoms with Crippen molar-refractivity contribution in [2.45, 2.75) is 13.8 Å². The smallest absolute Gasteiger partial charge is 0.256 e. The van der Waals surface area contributed by atoms with Crippen LogP contribution in [0.2, 0.25) is 0 Å². The highest BCUT2D eigenvalue weighted by atomic mass is 16.5. The number of ether oxygens (including phenoxy) is 2. The number of methoxy groups -OCH3 is 2. The molecule has 0 heterocycles. The Morgan fingerprint density at radius 1 is 1.25 bits per heavy atom. The first-order chi connectivity index (χ1) is 5.61. The quantitative estimate of drug-likeness (QED) is 0.368. The molecular weight excluding hydrogens is 154 g/mol. The third-order valence-corrected chi connectivity index (χ3v) is 1.12. The third kappa shape index (κ3) is 3.81. The van der Waals surface area contributed by atoms with E-state index in [2.05, 4.69) is 11.6 Å². The molecule has 0 unspecified atom stereocenters. The van der Waals surface area contributed by atoms with Gasteiger partial charge in [-0.25, -0.2) is 4.99 Å². The minimum atomic E-state index is 0.402. The fraction of sp³-hybridized carbons (Fsp3) is 0.444. The van der Waals surface area contributed by atoms with E-state index in [1.54, 1.807) is 6.20 Å². The summed E-state index contributed by atoms with van der Waals surface area (Å²) in [6.07, 6.45) is 1.70. The summed E-state index contributed by atoms with van der Waals surface area (Å²) in [7, 11) is 3.06. The molecule has 0 aromatic rings. The molecule has 0 aromatic carbocycles. The molecule has 0 atom stereocenters. The van der Waals surface area contributed by atoms with Crippen LogP contribution in [0.25, 0.3) is 0 Å². The van der Waals surface area contributed by atoms with E-state index in [0.29, 0.717) is 11.7 Å². The lowest BCUT2D eigenvalue weighted by Crippen LogP contribution is -2.05. The lowest BCUT2D eigenvalue weighted by molar-refractivity contribution is 0.287. The van der Waals surface area contributed by atoms with E-state index < -0.39 is 0 Å². The van der Waals surface area contributed by atoms with Crippen molar-refractivity contribution in [3.05, 3.63) is 24.1 Å². The minimum absolute atomic E-state index is 0.402. The third-order valence-electron chi connectivity index (χ3n) is 1.12. The molecule has 0 aliphatic heterocycles. The average Bonchev–Trinajstić information content (AvgIpc) is 2.04. The van der Waals surface area contributed by atoms with Gasteiger partial charge in [-0.05, 0) is 13.8 Å². The van der Waals surface area contributed by atoms with Crippen LogP contribution in [-0.4, -0.2) is 20.1 Å². The molecule has 0 N–H and O–H groups in total. The summed E-state index contributed by atoms with van der Waals surface area (Å²) in [6.45, 7) is 7.52. The van der Waals surface area contributed by atoms with Crippen LogP contribution < -0.4 is 0 Å². The van der Waals surface area contributed by atoms with Crippen LogP contribution in [0, 0.1) is 0 Å². The first-order valence-electron chi connectivity index (χ1n) is 3.60. The van der Waals surface area contributed by atoms with Crippen molar-refractivity contribution >= 4 is 5.90 Å². The number of nitrogens with zero attached hydrogens (tertiary/aromatic N) is 1. The monoisotopic (exact) mass is 169 g/mol. The molecule has 0 radical (unpaired) electrons. The van der Waals surface area contributed by atoms with Gasteiger partial charge in [0, 0.05) is 6.20 Å². The molecule has 0 rings (SSSR count). The van der Waals surface area contributed by atoms with Crippen molar-refractivity contribution < 1.29 is 9.47 Å². The largest absolute Gasteiger partial charge is 0.492 e. The zero-order valence-electron chi connectivity index (χ0n) is 8.05. The molecule has 12 heavy (non-hydrogen) atoms. The fourth-order valence-electron chi connectivity index (χ4n) is 0.514. The van der Waals surface area contributed by atoms with Gasteiger partial charge in [-0.3, -0.25) is 0 Å². The van der Waals surface area contributed by atoms with E-state index in [4.69, 9.17) is 9.47 Å². The molecule has 0 aromatic heterocycles. The van der Waals surface area contributed by atoms with Crippen molar-refractivity contribution in [2.75, 3.05) is 14.2 Å². The van der Waals surface area contributed by atoms with Crippen LogP contribution in [0.1, 0.15) is 13.8 Å². The molecule has 0 spiro atoms. The van der Waals surface area contributed by atoms with Crippen LogP contribution in [0.3, 0.4) is 0 Å². The number of aliphatic imine (C=N–C) groups is 1. The van der Waals surface area contributed by atoms with E-state index >= 15 is 0 Å².